The van der Waals surface area contributed by atoms with Gasteiger partial charge in [0.1, 0.15) is 12.7 Å². The van der Waals surface area contributed by atoms with Crippen molar-refractivity contribution in [2.45, 2.75) is 12.8 Å². The lowest BCUT2D eigenvalue weighted by Gasteiger charge is -2.00. The number of carboxylic acids is 1. The second kappa shape index (κ2) is 5.08. The van der Waals surface area contributed by atoms with Crippen molar-refractivity contribution in [3.05, 3.63) is 12.2 Å². The van der Waals surface area contributed by atoms with Crippen LogP contribution in [0.25, 0.3) is 0 Å². The highest BCUT2D eigenvalue weighted by Gasteiger charge is 2.06. The van der Waals surface area contributed by atoms with Crippen LogP contribution in [0.5, 0.6) is 0 Å². The van der Waals surface area contributed by atoms with Crippen LogP contribution in [-0.2, 0) is 23.1 Å². The standard InChI is InChI=1S/C8H12N4O3/c1-12-5-10-6(11-12)2-3-9-7(13)4-8(14)15/h5H,2-4H2,1H3,(H,9,13)(H,14,15). The minimum Gasteiger partial charge on any atom is -0.481 e. The number of aryl methyl sites for hydroxylation is 1. The van der Waals surface area contributed by atoms with Crippen molar-refractivity contribution in [1.82, 2.24) is 20.1 Å². The highest BCUT2D eigenvalue weighted by atomic mass is 16.4. The van der Waals surface area contributed by atoms with E-state index in [-0.39, 0.29) is 0 Å². The van der Waals surface area contributed by atoms with Crippen molar-refractivity contribution in [2.24, 2.45) is 7.05 Å². The van der Waals surface area contributed by atoms with E-state index in [1.165, 1.54) is 0 Å². The molecule has 0 radical (unpaired) electrons. The number of hydrogen-bond acceptors (Lipinski definition) is 4. The molecule has 0 aromatic carbocycles. The third kappa shape index (κ3) is 4.21. The van der Waals surface area contributed by atoms with Gasteiger partial charge in [-0.1, -0.05) is 0 Å². The van der Waals surface area contributed by atoms with E-state index in [0.29, 0.717) is 18.8 Å². The number of aliphatic carboxylic acids is 1. The summed E-state index contributed by atoms with van der Waals surface area (Å²) in [5.41, 5.74) is 0. The fourth-order valence-electron chi connectivity index (χ4n) is 1.01. The summed E-state index contributed by atoms with van der Waals surface area (Å²) in [6.07, 6.45) is 1.55. The van der Waals surface area contributed by atoms with Crippen LogP contribution in [0.3, 0.4) is 0 Å². The fourth-order valence-corrected chi connectivity index (χ4v) is 1.01. The maximum absolute atomic E-state index is 10.9. The Balaban J connectivity index is 2.22. The van der Waals surface area contributed by atoms with Crippen LogP contribution < -0.4 is 5.32 Å². The van der Waals surface area contributed by atoms with Crippen LogP contribution in [0.15, 0.2) is 6.33 Å². The monoisotopic (exact) mass is 212 g/mol. The molecule has 0 spiro atoms. The van der Waals surface area contributed by atoms with Gasteiger partial charge < -0.3 is 10.4 Å². The number of aromatic nitrogens is 3. The first-order valence-electron chi connectivity index (χ1n) is 4.41. The number of carbonyl (C=O) groups is 2. The predicted octanol–water partition coefficient (Wildman–Crippen LogP) is -1.05. The molecule has 0 atom stereocenters. The molecule has 7 heteroatoms. The molecule has 1 rings (SSSR count). The van der Waals surface area contributed by atoms with Gasteiger partial charge in [-0.25, -0.2) is 4.98 Å². The summed E-state index contributed by atoms with van der Waals surface area (Å²) < 4.78 is 1.56. The lowest BCUT2D eigenvalue weighted by atomic mass is 10.3. The Bertz CT molecular complexity index is 361. The van der Waals surface area contributed by atoms with Gasteiger partial charge in [0.05, 0.1) is 0 Å². The first-order chi connectivity index (χ1) is 7.08. The second-order valence-electron chi connectivity index (χ2n) is 3.00. The molecule has 82 valence electrons. The molecule has 0 unspecified atom stereocenters. The minimum absolute atomic E-state index is 0.343. The average molecular weight is 212 g/mol. The van der Waals surface area contributed by atoms with Gasteiger partial charge in [-0.05, 0) is 0 Å². The number of nitrogens with zero attached hydrogens (tertiary/aromatic N) is 3. The Morgan fingerprint density at radius 1 is 1.60 bits per heavy atom. The van der Waals surface area contributed by atoms with Crippen molar-refractivity contribution in [2.75, 3.05) is 6.54 Å². The maximum Gasteiger partial charge on any atom is 0.312 e. The van der Waals surface area contributed by atoms with Crippen molar-refractivity contribution in [3.8, 4) is 0 Å². The first kappa shape index (κ1) is 11.2. The molecule has 0 bridgehead atoms. The number of carbonyl (C=O) groups excluding carboxylic acids is 1. The predicted molar refractivity (Wildman–Crippen MR) is 50.0 cm³/mol. The molecule has 1 aromatic rings. The third-order valence-corrected chi connectivity index (χ3v) is 1.63. The molecule has 0 aliphatic carbocycles. The van der Waals surface area contributed by atoms with E-state index in [4.69, 9.17) is 5.11 Å². The molecule has 15 heavy (non-hydrogen) atoms. The van der Waals surface area contributed by atoms with Crippen LogP contribution in [-0.4, -0.2) is 38.3 Å². The molecule has 0 saturated carbocycles. The summed E-state index contributed by atoms with van der Waals surface area (Å²) in [5, 5.41) is 14.8. The van der Waals surface area contributed by atoms with Crippen LogP contribution >= 0.6 is 0 Å². The van der Waals surface area contributed by atoms with Crippen molar-refractivity contribution in [3.63, 3.8) is 0 Å². The first-order valence-corrected chi connectivity index (χ1v) is 4.41. The van der Waals surface area contributed by atoms with Crippen molar-refractivity contribution >= 4 is 11.9 Å². The van der Waals surface area contributed by atoms with E-state index < -0.39 is 18.3 Å². The summed E-state index contributed by atoms with van der Waals surface area (Å²) >= 11 is 0. The van der Waals surface area contributed by atoms with Gasteiger partial charge in [-0.2, -0.15) is 5.10 Å². The molecule has 0 saturated heterocycles. The molecule has 2 N–H and O–H groups in total. The Labute approximate surface area is 86.1 Å². The Morgan fingerprint density at radius 2 is 2.33 bits per heavy atom. The van der Waals surface area contributed by atoms with E-state index in [9.17, 15) is 9.59 Å². The summed E-state index contributed by atoms with van der Waals surface area (Å²) in [4.78, 5) is 25.0. The van der Waals surface area contributed by atoms with Gasteiger partial charge in [-0.3, -0.25) is 14.3 Å². The Hall–Kier alpha value is -1.92. The summed E-state index contributed by atoms with van der Waals surface area (Å²) in [5.74, 6) is -1.02. The molecule has 0 aliphatic heterocycles. The zero-order valence-electron chi connectivity index (χ0n) is 8.30. The highest BCUT2D eigenvalue weighted by molar-refractivity contribution is 5.93. The molecule has 0 fully saturated rings. The van der Waals surface area contributed by atoms with E-state index >= 15 is 0 Å². The summed E-state index contributed by atoms with van der Waals surface area (Å²) in [6.45, 7) is 0.343. The lowest BCUT2D eigenvalue weighted by molar-refractivity contribution is -0.140. The molecule has 0 aliphatic rings. The molecular weight excluding hydrogens is 200 g/mol. The van der Waals surface area contributed by atoms with Crippen LogP contribution in [0.1, 0.15) is 12.2 Å². The van der Waals surface area contributed by atoms with E-state index in [0.717, 1.165) is 0 Å². The Morgan fingerprint density at radius 3 is 2.87 bits per heavy atom. The quantitative estimate of drug-likeness (QED) is 0.607. The van der Waals surface area contributed by atoms with E-state index in [2.05, 4.69) is 15.4 Å². The highest BCUT2D eigenvalue weighted by Crippen LogP contribution is 1.88. The number of rotatable bonds is 5. The lowest BCUT2D eigenvalue weighted by Crippen LogP contribution is -2.27. The van der Waals surface area contributed by atoms with E-state index in [1.807, 2.05) is 0 Å². The van der Waals surface area contributed by atoms with Crippen LogP contribution in [0.4, 0.5) is 0 Å². The SMILES string of the molecule is Cn1cnc(CCNC(=O)CC(=O)O)n1. The number of hydrogen-bond donors (Lipinski definition) is 2. The third-order valence-electron chi connectivity index (χ3n) is 1.63. The molecule has 1 heterocycles. The Kier molecular flexibility index (Phi) is 3.78. The maximum atomic E-state index is 10.9. The zero-order valence-corrected chi connectivity index (χ0v) is 8.30. The topological polar surface area (TPSA) is 97.1 Å². The molecule has 7 nitrogen and oxygen atoms in total. The number of nitrogens with one attached hydrogen (secondary N) is 1. The smallest absolute Gasteiger partial charge is 0.312 e. The van der Waals surface area contributed by atoms with Crippen molar-refractivity contribution < 1.29 is 14.7 Å². The summed E-state index contributed by atoms with van der Waals surface area (Å²) in [7, 11) is 1.75. The zero-order chi connectivity index (χ0) is 11.3. The van der Waals surface area contributed by atoms with Gasteiger partial charge in [0, 0.05) is 20.0 Å². The van der Waals surface area contributed by atoms with Crippen LogP contribution in [0, 0.1) is 0 Å². The van der Waals surface area contributed by atoms with Gasteiger partial charge in [0.15, 0.2) is 5.82 Å². The van der Waals surface area contributed by atoms with Gasteiger partial charge >= 0.3 is 5.97 Å². The van der Waals surface area contributed by atoms with Crippen molar-refractivity contribution in [1.29, 1.82) is 0 Å². The number of amides is 1. The number of carboxylic acid groups (broad SMARTS) is 1. The summed E-state index contributed by atoms with van der Waals surface area (Å²) in [6, 6.07) is 0. The van der Waals surface area contributed by atoms with Gasteiger partial charge in [-0.15, -0.1) is 0 Å². The van der Waals surface area contributed by atoms with Gasteiger partial charge in [0.2, 0.25) is 5.91 Å². The normalized spacial score (nSPS) is 9.93. The van der Waals surface area contributed by atoms with Gasteiger partial charge in [0.25, 0.3) is 0 Å². The largest absolute Gasteiger partial charge is 0.481 e. The second-order valence-corrected chi connectivity index (χ2v) is 3.00. The van der Waals surface area contributed by atoms with Crippen LogP contribution in [0.2, 0.25) is 0 Å². The minimum atomic E-state index is -1.14. The fraction of sp³-hybridized carbons (Fsp3) is 0.500. The molecular formula is C8H12N4O3. The van der Waals surface area contributed by atoms with E-state index in [1.54, 1.807) is 18.1 Å². The molecule has 1 aromatic heterocycles. The molecule has 1 amide bonds. The average Bonchev–Trinajstić information content (AvgIpc) is 2.50.